The lowest BCUT2D eigenvalue weighted by Gasteiger charge is -2.12. The summed E-state index contributed by atoms with van der Waals surface area (Å²) < 4.78 is 5.40. The maximum Gasteiger partial charge on any atom is 0.305 e. The summed E-state index contributed by atoms with van der Waals surface area (Å²) in [5, 5.41) is 0. The van der Waals surface area contributed by atoms with Crippen LogP contribution in [0.4, 0.5) is 0 Å². The topological polar surface area (TPSA) is 26.3 Å². The molecule has 1 atom stereocenters. The van der Waals surface area contributed by atoms with E-state index in [9.17, 15) is 4.79 Å². The molecule has 0 heterocycles. The Morgan fingerprint density at radius 1 is 0.654 bits per heavy atom. The number of ether oxygens (including phenoxy) is 1. The van der Waals surface area contributed by atoms with Crippen molar-refractivity contribution in [1.29, 1.82) is 0 Å². The molecule has 0 bridgehead atoms. The van der Waals surface area contributed by atoms with Crippen LogP contribution in [0.5, 0.6) is 0 Å². The average molecular weight is 369 g/mol. The zero-order valence-corrected chi connectivity index (χ0v) is 18.3. The summed E-state index contributed by atoms with van der Waals surface area (Å²) in [4.78, 5) is 11.7. The molecule has 26 heavy (non-hydrogen) atoms. The van der Waals surface area contributed by atoms with Crippen LogP contribution < -0.4 is 0 Å². The maximum atomic E-state index is 11.7. The second-order valence-corrected chi connectivity index (χ2v) is 8.28. The van der Waals surface area contributed by atoms with E-state index in [0.717, 1.165) is 12.8 Å². The van der Waals surface area contributed by atoms with E-state index < -0.39 is 0 Å². The van der Waals surface area contributed by atoms with Crippen LogP contribution in [-0.2, 0) is 9.53 Å². The summed E-state index contributed by atoms with van der Waals surface area (Å²) in [6.45, 7) is 7.30. The highest BCUT2D eigenvalue weighted by atomic mass is 16.5. The molecule has 0 rings (SSSR count). The van der Waals surface area contributed by atoms with Gasteiger partial charge in [-0.25, -0.2) is 0 Å². The molecule has 1 unspecified atom stereocenters. The number of hydrogen-bond donors (Lipinski definition) is 0. The lowest BCUT2D eigenvalue weighted by Crippen LogP contribution is -2.11. The summed E-state index contributed by atoms with van der Waals surface area (Å²) in [6, 6.07) is 0. The van der Waals surface area contributed by atoms with Crippen LogP contribution in [0.15, 0.2) is 0 Å². The Morgan fingerprint density at radius 2 is 1.08 bits per heavy atom. The van der Waals surface area contributed by atoms with Gasteiger partial charge in [0.1, 0.15) is 0 Å². The molecule has 0 spiro atoms. The average Bonchev–Trinajstić information content (AvgIpc) is 2.64. The largest absolute Gasteiger partial charge is 0.465 e. The summed E-state index contributed by atoms with van der Waals surface area (Å²) >= 11 is 0. The third kappa shape index (κ3) is 19.8. The molecule has 0 fully saturated rings. The van der Waals surface area contributed by atoms with Gasteiger partial charge in [-0.2, -0.15) is 0 Å². The quantitative estimate of drug-likeness (QED) is 0.160. The van der Waals surface area contributed by atoms with Crippen molar-refractivity contribution < 1.29 is 9.53 Å². The van der Waals surface area contributed by atoms with Crippen LogP contribution in [0.25, 0.3) is 0 Å². The predicted octanol–water partition coefficient (Wildman–Crippen LogP) is 8.23. The standard InChI is InChI=1S/C24H48O2/c1-4-6-8-10-11-12-13-14-15-16-17-18-20-23(3)22-26-24(25)21-19-9-7-5-2/h23H,4-22H2,1-3H3. The molecule has 0 aromatic heterocycles. The van der Waals surface area contributed by atoms with Crippen molar-refractivity contribution in [2.24, 2.45) is 5.92 Å². The number of rotatable bonds is 20. The molecule has 0 radical (unpaired) electrons. The van der Waals surface area contributed by atoms with Crippen molar-refractivity contribution in [3.05, 3.63) is 0 Å². The third-order valence-corrected chi connectivity index (χ3v) is 5.31. The van der Waals surface area contributed by atoms with E-state index >= 15 is 0 Å². The Balaban J connectivity index is 3.26. The number of carbonyl (C=O) groups excluding carboxylic acids is 1. The van der Waals surface area contributed by atoms with Gasteiger partial charge in [0.2, 0.25) is 0 Å². The zero-order valence-electron chi connectivity index (χ0n) is 18.3. The predicted molar refractivity (Wildman–Crippen MR) is 115 cm³/mol. The minimum Gasteiger partial charge on any atom is -0.465 e. The van der Waals surface area contributed by atoms with E-state index in [1.54, 1.807) is 0 Å². The van der Waals surface area contributed by atoms with E-state index in [0.29, 0.717) is 18.9 Å². The molecule has 0 amide bonds. The lowest BCUT2D eigenvalue weighted by molar-refractivity contribution is -0.145. The molecule has 0 saturated carbocycles. The highest BCUT2D eigenvalue weighted by Crippen LogP contribution is 2.15. The minimum absolute atomic E-state index is 0.00245. The van der Waals surface area contributed by atoms with Crippen LogP contribution in [0, 0.1) is 5.92 Å². The first kappa shape index (κ1) is 25.5. The molecule has 0 aromatic carbocycles. The van der Waals surface area contributed by atoms with E-state index in [2.05, 4.69) is 20.8 Å². The Morgan fingerprint density at radius 3 is 1.58 bits per heavy atom. The summed E-state index contributed by atoms with van der Waals surface area (Å²) in [6.07, 6.45) is 23.1. The second-order valence-electron chi connectivity index (χ2n) is 8.28. The fourth-order valence-corrected chi connectivity index (χ4v) is 3.42. The zero-order chi connectivity index (χ0) is 19.3. The second kappa shape index (κ2) is 20.8. The first-order valence-corrected chi connectivity index (χ1v) is 11.9. The van der Waals surface area contributed by atoms with Gasteiger partial charge in [0.05, 0.1) is 6.61 Å². The number of hydrogen-bond acceptors (Lipinski definition) is 2. The van der Waals surface area contributed by atoms with Crippen molar-refractivity contribution in [3.63, 3.8) is 0 Å². The van der Waals surface area contributed by atoms with Gasteiger partial charge in [-0.15, -0.1) is 0 Å². The van der Waals surface area contributed by atoms with Gasteiger partial charge in [-0.1, -0.05) is 117 Å². The van der Waals surface area contributed by atoms with Gasteiger partial charge in [0.25, 0.3) is 0 Å². The van der Waals surface area contributed by atoms with Crippen LogP contribution in [0.2, 0.25) is 0 Å². The van der Waals surface area contributed by atoms with Crippen molar-refractivity contribution in [1.82, 2.24) is 0 Å². The number of unbranched alkanes of at least 4 members (excludes halogenated alkanes) is 14. The highest BCUT2D eigenvalue weighted by molar-refractivity contribution is 5.69. The van der Waals surface area contributed by atoms with Gasteiger partial charge in [0, 0.05) is 6.42 Å². The molecule has 0 N–H and O–H groups in total. The normalized spacial score (nSPS) is 12.3. The Bertz CT molecular complexity index is 288. The fraction of sp³-hybridized carbons (Fsp3) is 0.958. The molecule has 0 aliphatic heterocycles. The van der Waals surface area contributed by atoms with Crippen molar-refractivity contribution in [2.45, 2.75) is 136 Å². The lowest BCUT2D eigenvalue weighted by atomic mass is 10.0. The van der Waals surface area contributed by atoms with E-state index in [1.807, 2.05) is 0 Å². The summed E-state index contributed by atoms with van der Waals surface area (Å²) in [5.41, 5.74) is 0. The molecule has 0 aliphatic carbocycles. The highest BCUT2D eigenvalue weighted by Gasteiger charge is 2.07. The minimum atomic E-state index is 0.00245. The van der Waals surface area contributed by atoms with Crippen molar-refractivity contribution in [2.75, 3.05) is 6.61 Å². The Kier molecular flexibility index (Phi) is 20.4. The van der Waals surface area contributed by atoms with Gasteiger partial charge in [-0.3, -0.25) is 4.79 Å². The van der Waals surface area contributed by atoms with E-state index in [4.69, 9.17) is 4.74 Å². The molecule has 0 aliphatic rings. The number of esters is 1. The van der Waals surface area contributed by atoms with Gasteiger partial charge in [-0.05, 0) is 18.8 Å². The summed E-state index contributed by atoms with van der Waals surface area (Å²) in [7, 11) is 0. The van der Waals surface area contributed by atoms with Gasteiger partial charge in [0.15, 0.2) is 0 Å². The molecule has 2 nitrogen and oxygen atoms in total. The monoisotopic (exact) mass is 368 g/mol. The van der Waals surface area contributed by atoms with Crippen molar-refractivity contribution in [3.8, 4) is 0 Å². The first-order chi connectivity index (χ1) is 12.7. The van der Waals surface area contributed by atoms with Crippen molar-refractivity contribution >= 4 is 5.97 Å². The van der Waals surface area contributed by atoms with Crippen LogP contribution in [0.1, 0.15) is 136 Å². The molecule has 0 aromatic rings. The van der Waals surface area contributed by atoms with Crippen LogP contribution in [0.3, 0.4) is 0 Å². The molecular formula is C24H48O2. The van der Waals surface area contributed by atoms with E-state index in [-0.39, 0.29) is 5.97 Å². The van der Waals surface area contributed by atoms with Gasteiger partial charge < -0.3 is 4.74 Å². The molecule has 0 saturated heterocycles. The van der Waals surface area contributed by atoms with Crippen LogP contribution in [-0.4, -0.2) is 12.6 Å². The molecule has 2 heteroatoms. The van der Waals surface area contributed by atoms with E-state index in [1.165, 1.54) is 96.3 Å². The Hall–Kier alpha value is -0.530. The SMILES string of the molecule is CCCCCCCCCCCCCCC(C)COC(=O)CCCCCC. The fourth-order valence-electron chi connectivity index (χ4n) is 3.42. The first-order valence-electron chi connectivity index (χ1n) is 11.9. The Labute approximate surface area is 164 Å². The molecule has 156 valence electrons. The van der Waals surface area contributed by atoms with Crippen LogP contribution >= 0.6 is 0 Å². The third-order valence-electron chi connectivity index (χ3n) is 5.31. The smallest absolute Gasteiger partial charge is 0.305 e. The molecular weight excluding hydrogens is 320 g/mol. The van der Waals surface area contributed by atoms with Gasteiger partial charge >= 0.3 is 5.97 Å². The number of carbonyl (C=O) groups is 1. The maximum absolute atomic E-state index is 11.7. The summed E-state index contributed by atoms with van der Waals surface area (Å²) in [5.74, 6) is 0.514.